The summed E-state index contributed by atoms with van der Waals surface area (Å²) in [6.07, 6.45) is 2.26. The van der Waals surface area contributed by atoms with Gasteiger partial charge in [0.15, 0.2) is 0 Å². The Kier molecular flexibility index (Phi) is 17.0. The number of aliphatic hydroxyl groups is 3. The molecule has 0 aliphatic rings. The number of carboxylic acids is 2. The van der Waals surface area contributed by atoms with Crippen LogP contribution < -0.4 is 0 Å². The van der Waals surface area contributed by atoms with Gasteiger partial charge in [0.1, 0.15) is 0 Å². The minimum atomic E-state index is -0.981. The standard InChI is InChI=1S/C6H14O3.2C3H4O2/c1-2-6(3-7,4-8)5-9;2*1-2-3(4)5/h7-9H,2-5H2,1H3;2*2H,1H2,(H,4,5). The lowest BCUT2D eigenvalue weighted by molar-refractivity contribution is -0.132. The van der Waals surface area contributed by atoms with Crippen LogP contribution in [0.15, 0.2) is 25.3 Å². The van der Waals surface area contributed by atoms with Crippen LogP contribution in [0.25, 0.3) is 0 Å². The Labute approximate surface area is 112 Å². The van der Waals surface area contributed by atoms with Crippen molar-refractivity contribution in [1.82, 2.24) is 0 Å². The van der Waals surface area contributed by atoms with Crippen LogP contribution in [0.3, 0.4) is 0 Å². The third-order valence-corrected chi connectivity index (χ3v) is 2.11. The minimum absolute atomic E-state index is 0.156. The number of hydrogen-bond donors (Lipinski definition) is 5. The second kappa shape index (κ2) is 14.4. The van der Waals surface area contributed by atoms with Crippen LogP contribution in [0.2, 0.25) is 0 Å². The van der Waals surface area contributed by atoms with Gasteiger partial charge in [0.2, 0.25) is 0 Å². The summed E-state index contributed by atoms with van der Waals surface area (Å²) in [5, 5.41) is 41.2. The van der Waals surface area contributed by atoms with E-state index in [4.69, 9.17) is 25.5 Å². The van der Waals surface area contributed by atoms with E-state index in [0.29, 0.717) is 6.42 Å². The van der Waals surface area contributed by atoms with E-state index >= 15 is 0 Å². The Balaban J connectivity index is -0.000000219. The lowest BCUT2D eigenvalue weighted by Gasteiger charge is -2.24. The van der Waals surface area contributed by atoms with Gasteiger partial charge in [-0.1, -0.05) is 20.1 Å². The first-order valence-electron chi connectivity index (χ1n) is 5.32. The summed E-state index contributed by atoms with van der Waals surface area (Å²) in [7, 11) is 0. The van der Waals surface area contributed by atoms with E-state index in [0.717, 1.165) is 12.2 Å². The molecular formula is C12H22O7. The number of hydrogen-bond acceptors (Lipinski definition) is 5. The number of aliphatic hydroxyl groups excluding tert-OH is 3. The molecule has 0 saturated carbocycles. The van der Waals surface area contributed by atoms with Crippen LogP contribution in [-0.4, -0.2) is 57.3 Å². The van der Waals surface area contributed by atoms with Crippen LogP contribution in [0.5, 0.6) is 0 Å². The van der Waals surface area contributed by atoms with Crippen LogP contribution >= 0.6 is 0 Å². The molecule has 0 radical (unpaired) electrons. The molecule has 7 heteroatoms. The highest BCUT2D eigenvalue weighted by molar-refractivity contribution is 5.79. The van der Waals surface area contributed by atoms with Gasteiger partial charge in [-0.15, -0.1) is 0 Å². The third kappa shape index (κ3) is 16.3. The van der Waals surface area contributed by atoms with Crippen molar-refractivity contribution >= 4 is 11.9 Å². The molecule has 0 aromatic heterocycles. The average molecular weight is 278 g/mol. The van der Waals surface area contributed by atoms with E-state index in [-0.39, 0.29) is 19.8 Å². The summed E-state index contributed by atoms with van der Waals surface area (Å²) in [6, 6.07) is 0. The highest BCUT2D eigenvalue weighted by Crippen LogP contribution is 2.18. The Morgan fingerprint density at radius 2 is 1.16 bits per heavy atom. The van der Waals surface area contributed by atoms with E-state index < -0.39 is 17.4 Å². The van der Waals surface area contributed by atoms with E-state index in [1.165, 1.54) is 0 Å². The maximum Gasteiger partial charge on any atom is 0.327 e. The molecule has 0 rings (SSSR count). The molecule has 112 valence electrons. The van der Waals surface area contributed by atoms with Crippen LogP contribution in [0.1, 0.15) is 13.3 Å². The fraction of sp³-hybridized carbons (Fsp3) is 0.500. The predicted octanol–water partition coefficient (Wildman–Crippen LogP) is -0.126. The van der Waals surface area contributed by atoms with Gasteiger partial charge in [-0.2, -0.15) is 0 Å². The quantitative estimate of drug-likeness (QED) is 0.427. The highest BCUT2D eigenvalue weighted by Gasteiger charge is 2.24. The molecule has 0 atom stereocenters. The van der Waals surface area contributed by atoms with E-state index in [9.17, 15) is 9.59 Å². The molecular weight excluding hydrogens is 256 g/mol. The Hall–Kier alpha value is -1.70. The molecule has 0 saturated heterocycles. The fourth-order valence-corrected chi connectivity index (χ4v) is 0.485. The summed E-state index contributed by atoms with van der Waals surface area (Å²) < 4.78 is 0. The fourth-order valence-electron chi connectivity index (χ4n) is 0.485. The number of aliphatic carboxylic acids is 2. The van der Waals surface area contributed by atoms with Gasteiger partial charge in [0.05, 0.1) is 19.8 Å². The molecule has 0 spiro atoms. The molecule has 0 fully saturated rings. The number of carbonyl (C=O) groups is 2. The Morgan fingerprint density at radius 1 is 0.947 bits per heavy atom. The predicted molar refractivity (Wildman–Crippen MR) is 69.6 cm³/mol. The van der Waals surface area contributed by atoms with Crippen LogP contribution in [0.4, 0.5) is 0 Å². The monoisotopic (exact) mass is 278 g/mol. The van der Waals surface area contributed by atoms with E-state index in [2.05, 4.69) is 13.2 Å². The molecule has 0 bridgehead atoms. The van der Waals surface area contributed by atoms with Crippen molar-refractivity contribution in [2.75, 3.05) is 19.8 Å². The van der Waals surface area contributed by atoms with Crippen molar-refractivity contribution in [2.45, 2.75) is 13.3 Å². The van der Waals surface area contributed by atoms with Crippen molar-refractivity contribution in [3.05, 3.63) is 25.3 Å². The molecule has 19 heavy (non-hydrogen) atoms. The molecule has 0 unspecified atom stereocenters. The normalized spacial score (nSPS) is 9.05. The molecule has 0 amide bonds. The van der Waals surface area contributed by atoms with E-state index in [1.54, 1.807) is 0 Å². The lowest BCUT2D eigenvalue weighted by atomic mass is 9.88. The zero-order valence-corrected chi connectivity index (χ0v) is 10.9. The van der Waals surface area contributed by atoms with Gasteiger partial charge in [0.25, 0.3) is 0 Å². The summed E-state index contributed by atoms with van der Waals surface area (Å²) in [6.45, 7) is 7.27. The van der Waals surface area contributed by atoms with Gasteiger partial charge in [-0.05, 0) is 6.42 Å². The minimum Gasteiger partial charge on any atom is -0.478 e. The maximum absolute atomic E-state index is 9.25. The second-order valence-electron chi connectivity index (χ2n) is 3.41. The molecule has 0 aliphatic heterocycles. The zero-order chi connectivity index (χ0) is 15.9. The van der Waals surface area contributed by atoms with E-state index in [1.807, 2.05) is 6.92 Å². The first-order valence-corrected chi connectivity index (χ1v) is 5.32. The van der Waals surface area contributed by atoms with Crippen molar-refractivity contribution in [3.63, 3.8) is 0 Å². The molecule has 0 aliphatic carbocycles. The molecule has 0 heterocycles. The van der Waals surface area contributed by atoms with Crippen molar-refractivity contribution in [2.24, 2.45) is 5.41 Å². The van der Waals surface area contributed by atoms with Crippen molar-refractivity contribution < 1.29 is 35.1 Å². The van der Waals surface area contributed by atoms with Gasteiger partial charge in [-0.3, -0.25) is 0 Å². The van der Waals surface area contributed by atoms with Crippen molar-refractivity contribution in [1.29, 1.82) is 0 Å². The first kappa shape index (κ1) is 22.5. The summed E-state index contributed by atoms with van der Waals surface area (Å²) in [5.41, 5.74) is -0.667. The zero-order valence-electron chi connectivity index (χ0n) is 10.9. The molecule has 5 N–H and O–H groups in total. The SMILES string of the molecule is C=CC(=O)O.C=CC(=O)O.CCC(CO)(CO)CO. The van der Waals surface area contributed by atoms with Crippen LogP contribution in [0, 0.1) is 5.41 Å². The molecule has 7 nitrogen and oxygen atoms in total. The topological polar surface area (TPSA) is 135 Å². The first-order chi connectivity index (χ1) is 8.78. The third-order valence-electron chi connectivity index (χ3n) is 2.11. The summed E-state index contributed by atoms with van der Waals surface area (Å²) in [5.74, 6) is -1.96. The maximum atomic E-state index is 9.25. The summed E-state index contributed by atoms with van der Waals surface area (Å²) in [4.78, 5) is 18.5. The Morgan fingerprint density at radius 3 is 1.16 bits per heavy atom. The molecule has 0 aromatic carbocycles. The van der Waals surface area contributed by atoms with Crippen LogP contribution in [-0.2, 0) is 9.59 Å². The number of carboxylic acid groups (broad SMARTS) is 2. The Bertz CT molecular complexity index is 234. The molecule has 0 aromatic rings. The van der Waals surface area contributed by atoms with Crippen molar-refractivity contribution in [3.8, 4) is 0 Å². The lowest BCUT2D eigenvalue weighted by Crippen LogP contribution is -2.32. The van der Waals surface area contributed by atoms with Gasteiger partial charge in [0, 0.05) is 17.6 Å². The average Bonchev–Trinajstić information content (AvgIpc) is 2.43. The largest absolute Gasteiger partial charge is 0.478 e. The van der Waals surface area contributed by atoms with Gasteiger partial charge in [-0.25, -0.2) is 9.59 Å². The second-order valence-corrected chi connectivity index (χ2v) is 3.41. The van der Waals surface area contributed by atoms with Gasteiger partial charge < -0.3 is 25.5 Å². The summed E-state index contributed by atoms with van der Waals surface area (Å²) >= 11 is 0. The number of rotatable bonds is 6. The van der Waals surface area contributed by atoms with Gasteiger partial charge >= 0.3 is 11.9 Å². The highest BCUT2D eigenvalue weighted by atomic mass is 16.4. The smallest absolute Gasteiger partial charge is 0.327 e.